The van der Waals surface area contributed by atoms with Gasteiger partial charge < -0.3 is 4.90 Å². The van der Waals surface area contributed by atoms with Gasteiger partial charge in [-0.1, -0.05) is 12.1 Å². The Morgan fingerprint density at radius 3 is 2.50 bits per heavy atom. The fourth-order valence-electron chi connectivity index (χ4n) is 2.00. The van der Waals surface area contributed by atoms with Gasteiger partial charge in [0, 0.05) is 32.4 Å². The highest BCUT2D eigenvalue weighted by atomic mass is 16.2. The van der Waals surface area contributed by atoms with E-state index in [2.05, 4.69) is 4.99 Å². The number of aliphatic imine (C=N–C) groups is 1. The average molecular weight is 294 g/mol. The monoisotopic (exact) mass is 294 g/mol. The Hall–Kier alpha value is -2.87. The lowest BCUT2D eigenvalue weighted by Crippen LogP contribution is -2.26. The molecule has 0 unspecified atom stereocenters. The first kappa shape index (κ1) is 15.5. The Bertz CT molecular complexity index is 718. The smallest absolute Gasteiger partial charge is 0.277 e. The van der Waals surface area contributed by atoms with E-state index in [1.807, 2.05) is 49.3 Å². The first-order valence-corrected chi connectivity index (χ1v) is 6.86. The Morgan fingerprint density at radius 2 is 1.95 bits per heavy atom. The van der Waals surface area contributed by atoms with E-state index in [1.54, 1.807) is 26.1 Å². The van der Waals surface area contributed by atoms with Gasteiger partial charge in [0.1, 0.15) is 11.5 Å². The van der Waals surface area contributed by atoms with Crippen LogP contribution >= 0.6 is 0 Å². The summed E-state index contributed by atoms with van der Waals surface area (Å²) in [5, 5.41) is 8.82. The molecule has 5 nitrogen and oxygen atoms in total. The van der Waals surface area contributed by atoms with Crippen molar-refractivity contribution < 1.29 is 4.79 Å². The lowest BCUT2D eigenvalue weighted by atomic mass is 10.1. The molecule has 22 heavy (non-hydrogen) atoms. The number of rotatable bonds is 3. The summed E-state index contributed by atoms with van der Waals surface area (Å²) in [6.07, 6.45) is 3.36. The van der Waals surface area contributed by atoms with Crippen LogP contribution in [0.4, 0.5) is 5.69 Å². The predicted molar refractivity (Wildman–Crippen MR) is 88.3 cm³/mol. The van der Waals surface area contributed by atoms with Gasteiger partial charge in [0.15, 0.2) is 0 Å². The van der Waals surface area contributed by atoms with Crippen molar-refractivity contribution in [1.82, 2.24) is 4.90 Å². The van der Waals surface area contributed by atoms with Gasteiger partial charge in [-0.05, 0) is 36.8 Å². The van der Waals surface area contributed by atoms with E-state index in [4.69, 9.17) is 5.26 Å². The molecule has 0 bridgehead atoms. The summed E-state index contributed by atoms with van der Waals surface area (Å²) >= 11 is 0. The van der Waals surface area contributed by atoms with Gasteiger partial charge in [0.05, 0.1) is 6.07 Å². The van der Waals surface area contributed by atoms with Crippen molar-refractivity contribution in [3.8, 4) is 6.07 Å². The number of hydrogen-bond acceptors (Lipinski definition) is 4. The lowest BCUT2D eigenvalue weighted by molar-refractivity contribution is -0.121. The van der Waals surface area contributed by atoms with Crippen LogP contribution in [0.1, 0.15) is 12.5 Å². The third kappa shape index (κ3) is 3.23. The van der Waals surface area contributed by atoms with Crippen LogP contribution in [0, 0.1) is 11.3 Å². The molecule has 2 rings (SSSR count). The number of anilines is 1. The van der Waals surface area contributed by atoms with Crippen molar-refractivity contribution in [2.24, 2.45) is 4.99 Å². The number of benzene rings is 1. The number of allylic oxidation sites excluding steroid dienone is 1. The van der Waals surface area contributed by atoms with Crippen LogP contribution in [0.25, 0.3) is 6.08 Å². The van der Waals surface area contributed by atoms with E-state index in [1.165, 1.54) is 4.90 Å². The van der Waals surface area contributed by atoms with Crippen LogP contribution in [-0.4, -0.2) is 37.8 Å². The number of carbonyl (C=O) groups is 1. The van der Waals surface area contributed by atoms with Crippen molar-refractivity contribution in [2.45, 2.75) is 6.92 Å². The second kappa shape index (κ2) is 6.27. The summed E-state index contributed by atoms with van der Waals surface area (Å²) in [4.78, 5) is 20.0. The van der Waals surface area contributed by atoms with E-state index >= 15 is 0 Å². The molecule has 0 saturated carbocycles. The molecule has 0 spiro atoms. The Balaban J connectivity index is 2.31. The van der Waals surface area contributed by atoms with Crippen LogP contribution in [0.15, 0.2) is 46.6 Å². The molecule has 112 valence electrons. The minimum absolute atomic E-state index is 0.173. The highest BCUT2D eigenvalue weighted by molar-refractivity contribution is 6.17. The molecule has 1 aliphatic rings. The number of amides is 1. The third-order valence-electron chi connectivity index (χ3n) is 3.34. The van der Waals surface area contributed by atoms with Gasteiger partial charge in [-0.3, -0.25) is 9.69 Å². The molecule has 1 aliphatic heterocycles. The maximum atomic E-state index is 12.2. The molecule has 0 N–H and O–H groups in total. The van der Waals surface area contributed by atoms with Gasteiger partial charge in [-0.15, -0.1) is 0 Å². The second-order valence-corrected chi connectivity index (χ2v) is 5.29. The van der Waals surface area contributed by atoms with E-state index < -0.39 is 0 Å². The third-order valence-corrected chi connectivity index (χ3v) is 3.34. The summed E-state index contributed by atoms with van der Waals surface area (Å²) in [6.45, 7) is 1.68. The summed E-state index contributed by atoms with van der Waals surface area (Å²) in [6, 6.07) is 9.89. The molecular weight excluding hydrogens is 276 g/mol. The summed E-state index contributed by atoms with van der Waals surface area (Å²) in [5.41, 5.74) is 2.88. The van der Waals surface area contributed by atoms with Crippen LogP contribution in [0.5, 0.6) is 0 Å². The van der Waals surface area contributed by atoms with Gasteiger partial charge in [0.25, 0.3) is 5.91 Å². The molecule has 0 fully saturated rings. The van der Waals surface area contributed by atoms with E-state index in [0.717, 1.165) is 11.3 Å². The van der Waals surface area contributed by atoms with Gasteiger partial charge >= 0.3 is 0 Å². The highest BCUT2D eigenvalue weighted by Gasteiger charge is 2.25. The molecule has 1 aromatic carbocycles. The molecule has 0 atom stereocenters. The molecule has 0 aliphatic carbocycles. The number of hydrogen-bond donors (Lipinski definition) is 0. The molecule has 0 aromatic heterocycles. The zero-order valence-corrected chi connectivity index (χ0v) is 13.2. The Morgan fingerprint density at radius 1 is 1.32 bits per heavy atom. The van der Waals surface area contributed by atoms with Crippen molar-refractivity contribution in [3.05, 3.63) is 47.2 Å². The Labute approximate surface area is 130 Å². The number of nitriles is 1. The van der Waals surface area contributed by atoms with Crippen molar-refractivity contribution in [2.75, 3.05) is 26.0 Å². The molecule has 1 amide bonds. The summed E-state index contributed by atoms with van der Waals surface area (Å²) < 4.78 is 0. The van der Waals surface area contributed by atoms with E-state index in [9.17, 15) is 4.79 Å². The fourth-order valence-corrected chi connectivity index (χ4v) is 2.00. The second-order valence-electron chi connectivity index (χ2n) is 5.29. The zero-order chi connectivity index (χ0) is 16.3. The predicted octanol–water partition coefficient (Wildman–Crippen LogP) is 2.43. The normalized spacial score (nSPS) is 16.8. The number of likely N-dealkylation sites (N-methyl/N-ethyl adjacent to an activating group) is 1. The maximum absolute atomic E-state index is 12.2. The first-order valence-electron chi connectivity index (χ1n) is 6.86. The number of nitrogens with zero attached hydrogens (tertiary/aromatic N) is 4. The van der Waals surface area contributed by atoms with Crippen molar-refractivity contribution >= 4 is 23.5 Å². The van der Waals surface area contributed by atoms with Crippen molar-refractivity contribution in [1.29, 1.82) is 5.26 Å². The number of carbonyl (C=O) groups excluding carboxylic acids is 1. The zero-order valence-electron chi connectivity index (χ0n) is 13.2. The fraction of sp³-hybridized carbons (Fsp3) is 0.235. The molecule has 1 heterocycles. The minimum atomic E-state index is -0.173. The minimum Gasteiger partial charge on any atom is -0.378 e. The van der Waals surface area contributed by atoms with Gasteiger partial charge in [-0.25, -0.2) is 4.99 Å². The van der Waals surface area contributed by atoms with Crippen LogP contribution < -0.4 is 4.90 Å². The summed E-state index contributed by atoms with van der Waals surface area (Å²) in [5.74, 6) is 0.314. The highest BCUT2D eigenvalue weighted by Crippen LogP contribution is 2.20. The first-order chi connectivity index (χ1) is 10.4. The van der Waals surface area contributed by atoms with Crippen LogP contribution in [-0.2, 0) is 4.79 Å². The number of amidine groups is 1. The molecule has 0 radical (unpaired) electrons. The lowest BCUT2D eigenvalue weighted by Gasteiger charge is -2.11. The van der Waals surface area contributed by atoms with E-state index in [-0.39, 0.29) is 5.91 Å². The molecule has 5 heteroatoms. The van der Waals surface area contributed by atoms with Gasteiger partial charge in [-0.2, -0.15) is 5.26 Å². The Kier molecular flexibility index (Phi) is 4.42. The van der Waals surface area contributed by atoms with Crippen LogP contribution in [0.3, 0.4) is 0 Å². The molecule has 0 saturated heterocycles. The van der Waals surface area contributed by atoms with Gasteiger partial charge in [0.2, 0.25) is 0 Å². The molecule has 1 aromatic rings. The van der Waals surface area contributed by atoms with Crippen molar-refractivity contribution in [3.63, 3.8) is 0 Å². The van der Waals surface area contributed by atoms with Crippen LogP contribution in [0.2, 0.25) is 0 Å². The standard InChI is InChI=1S/C17H18N4O/c1-12(11-18)9-16-19-15(17(22)21(16)4)10-13-5-7-14(8-6-13)20(2)3/h5-10H,1-4H3/b12-9+,15-10-. The molecular formula is C17H18N4O. The maximum Gasteiger partial charge on any atom is 0.277 e. The quantitative estimate of drug-likeness (QED) is 0.635. The summed E-state index contributed by atoms with van der Waals surface area (Å²) in [7, 11) is 5.60. The SMILES string of the molecule is C/C(C#N)=C\C1=NC(=C\c2ccc(N(C)C)cc2)/C(=O)N1C. The van der Waals surface area contributed by atoms with E-state index in [0.29, 0.717) is 17.1 Å². The average Bonchev–Trinajstić information content (AvgIpc) is 2.76. The largest absolute Gasteiger partial charge is 0.378 e. The topological polar surface area (TPSA) is 59.7 Å².